The van der Waals surface area contributed by atoms with Crippen LogP contribution in [-0.2, 0) is 0 Å². The second-order valence-electron chi connectivity index (χ2n) is 5.09. The van der Waals surface area contributed by atoms with Gasteiger partial charge in [-0.2, -0.15) is 0 Å². The van der Waals surface area contributed by atoms with Gasteiger partial charge in [-0.3, -0.25) is 0 Å². The smallest absolute Gasteiger partial charge is 0.104 e. The highest BCUT2D eigenvalue weighted by atomic mass is 28.3. The first-order chi connectivity index (χ1) is 8.58. The van der Waals surface area contributed by atoms with Gasteiger partial charge in [0.2, 0.25) is 0 Å². The molecule has 2 aromatic carbocycles. The molecule has 0 aliphatic rings. The van der Waals surface area contributed by atoms with Crippen LogP contribution in [0.25, 0.3) is 6.08 Å². The Morgan fingerprint density at radius 3 is 2.11 bits per heavy atom. The summed E-state index contributed by atoms with van der Waals surface area (Å²) in [6, 6.07) is 18.7. The Hall–Kier alpha value is -1.80. The van der Waals surface area contributed by atoms with Crippen LogP contribution in [0.2, 0.25) is 13.1 Å². The summed E-state index contributed by atoms with van der Waals surface area (Å²) in [5, 5.41) is 1.46. The molecule has 18 heavy (non-hydrogen) atoms. The second-order valence-corrected chi connectivity index (χ2v) is 9.44. The highest BCUT2D eigenvalue weighted by Crippen LogP contribution is 2.11. The third kappa shape index (κ3) is 3.11. The molecule has 2 heteroatoms. The van der Waals surface area contributed by atoms with Crippen molar-refractivity contribution in [3.8, 4) is 0 Å². The molecule has 0 fully saturated rings. The molecule has 0 aliphatic heterocycles. The fraction of sp³-hybridized carbons (Fsp3) is 0.125. The molecule has 0 spiro atoms. The molecule has 0 radical (unpaired) electrons. The van der Waals surface area contributed by atoms with E-state index in [-0.39, 0.29) is 0 Å². The van der Waals surface area contributed by atoms with E-state index in [1.807, 2.05) is 12.1 Å². The van der Waals surface area contributed by atoms with Gasteiger partial charge in [0.1, 0.15) is 8.07 Å². The van der Waals surface area contributed by atoms with E-state index in [0.29, 0.717) is 0 Å². The van der Waals surface area contributed by atoms with Gasteiger partial charge in [0.25, 0.3) is 0 Å². The first kappa shape index (κ1) is 12.6. The lowest BCUT2D eigenvalue weighted by Gasteiger charge is -2.18. The van der Waals surface area contributed by atoms with E-state index in [1.165, 1.54) is 10.8 Å². The fourth-order valence-corrected chi connectivity index (χ4v) is 3.73. The maximum absolute atomic E-state index is 5.68. The summed E-state index contributed by atoms with van der Waals surface area (Å²) >= 11 is 0. The van der Waals surface area contributed by atoms with E-state index < -0.39 is 8.07 Å². The maximum Gasteiger partial charge on any atom is 0.104 e. The van der Waals surface area contributed by atoms with E-state index >= 15 is 0 Å². The zero-order valence-corrected chi connectivity index (χ0v) is 11.9. The lowest BCUT2D eigenvalue weighted by molar-refractivity contribution is 1.64. The SMILES string of the molecule is C[Si](C)(/C=C/c1ccc(N)cc1)c1ccccc1. The number of nitrogens with two attached hydrogens (primary N) is 1. The number of hydrogen-bond donors (Lipinski definition) is 1. The number of rotatable bonds is 3. The molecule has 0 unspecified atom stereocenters. The van der Waals surface area contributed by atoms with Gasteiger partial charge in [-0.15, -0.1) is 0 Å². The van der Waals surface area contributed by atoms with Crippen molar-refractivity contribution in [3.63, 3.8) is 0 Å². The van der Waals surface area contributed by atoms with Crippen LogP contribution < -0.4 is 10.9 Å². The Morgan fingerprint density at radius 2 is 1.50 bits per heavy atom. The minimum absolute atomic E-state index is 0.812. The molecule has 0 atom stereocenters. The van der Waals surface area contributed by atoms with Gasteiger partial charge in [-0.1, -0.05) is 72.5 Å². The van der Waals surface area contributed by atoms with Gasteiger partial charge in [0.05, 0.1) is 0 Å². The van der Waals surface area contributed by atoms with Gasteiger partial charge < -0.3 is 5.73 Å². The number of hydrogen-bond acceptors (Lipinski definition) is 1. The summed E-state index contributed by atoms with van der Waals surface area (Å²) in [7, 11) is -1.49. The number of anilines is 1. The maximum atomic E-state index is 5.68. The predicted molar refractivity (Wildman–Crippen MR) is 83.4 cm³/mol. The van der Waals surface area contributed by atoms with E-state index in [9.17, 15) is 0 Å². The van der Waals surface area contributed by atoms with Crippen LogP contribution in [0.15, 0.2) is 60.3 Å². The topological polar surface area (TPSA) is 26.0 Å². The van der Waals surface area contributed by atoms with E-state index in [2.05, 4.69) is 67.3 Å². The minimum Gasteiger partial charge on any atom is -0.399 e. The molecule has 92 valence electrons. The Balaban J connectivity index is 2.20. The van der Waals surface area contributed by atoms with Crippen LogP contribution in [0, 0.1) is 0 Å². The lowest BCUT2D eigenvalue weighted by atomic mass is 10.2. The highest BCUT2D eigenvalue weighted by molar-refractivity contribution is 6.94. The molecule has 0 saturated heterocycles. The normalized spacial score (nSPS) is 11.9. The van der Waals surface area contributed by atoms with Crippen LogP contribution in [0.1, 0.15) is 5.56 Å². The van der Waals surface area contributed by atoms with Crippen LogP contribution in [0.5, 0.6) is 0 Å². The third-order valence-electron chi connectivity index (χ3n) is 3.15. The van der Waals surface area contributed by atoms with Crippen LogP contribution in [0.4, 0.5) is 5.69 Å². The van der Waals surface area contributed by atoms with Crippen molar-refractivity contribution >= 4 is 25.0 Å². The molecule has 0 amide bonds. The fourth-order valence-electron chi connectivity index (χ4n) is 1.88. The molecular weight excluding hydrogens is 234 g/mol. The van der Waals surface area contributed by atoms with E-state index in [4.69, 9.17) is 5.73 Å². The average Bonchev–Trinajstić information content (AvgIpc) is 2.39. The van der Waals surface area contributed by atoms with Crippen LogP contribution >= 0.6 is 0 Å². The molecule has 0 saturated carbocycles. The van der Waals surface area contributed by atoms with Crippen molar-refractivity contribution in [2.75, 3.05) is 5.73 Å². The quantitative estimate of drug-likeness (QED) is 0.658. The molecule has 0 aliphatic carbocycles. The molecule has 1 nitrogen and oxygen atoms in total. The van der Waals surface area contributed by atoms with E-state index in [0.717, 1.165) is 5.69 Å². The van der Waals surface area contributed by atoms with Crippen LogP contribution in [-0.4, -0.2) is 8.07 Å². The Bertz CT molecular complexity index is 527. The highest BCUT2D eigenvalue weighted by Gasteiger charge is 2.18. The minimum atomic E-state index is -1.49. The Labute approximate surface area is 110 Å². The lowest BCUT2D eigenvalue weighted by Crippen LogP contribution is -2.39. The zero-order valence-electron chi connectivity index (χ0n) is 10.9. The largest absolute Gasteiger partial charge is 0.399 e. The summed E-state index contributed by atoms with van der Waals surface area (Å²) in [5.41, 5.74) is 10.1. The first-order valence-corrected chi connectivity index (χ1v) is 9.26. The number of benzene rings is 2. The average molecular weight is 253 g/mol. The molecule has 2 N–H and O–H groups in total. The van der Waals surface area contributed by atoms with Crippen molar-refractivity contribution in [1.82, 2.24) is 0 Å². The van der Waals surface area contributed by atoms with Crippen LogP contribution in [0.3, 0.4) is 0 Å². The van der Waals surface area contributed by atoms with Gasteiger partial charge in [-0.25, -0.2) is 0 Å². The molecule has 0 heterocycles. The van der Waals surface area contributed by atoms with Gasteiger partial charge >= 0.3 is 0 Å². The van der Waals surface area contributed by atoms with Crippen molar-refractivity contribution in [2.45, 2.75) is 13.1 Å². The predicted octanol–water partition coefficient (Wildman–Crippen LogP) is 3.44. The van der Waals surface area contributed by atoms with Gasteiger partial charge in [0.15, 0.2) is 0 Å². The third-order valence-corrected chi connectivity index (χ3v) is 5.97. The monoisotopic (exact) mass is 253 g/mol. The Kier molecular flexibility index (Phi) is 3.68. The van der Waals surface area contributed by atoms with Crippen molar-refractivity contribution in [3.05, 3.63) is 65.9 Å². The van der Waals surface area contributed by atoms with Gasteiger partial charge in [0, 0.05) is 5.69 Å². The molecule has 2 rings (SSSR count). The second kappa shape index (κ2) is 5.23. The van der Waals surface area contributed by atoms with Gasteiger partial charge in [-0.05, 0) is 17.7 Å². The van der Waals surface area contributed by atoms with Crippen molar-refractivity contribution in [2.24, 2.45) is 0 Å². The molecule has 0 aromatic heterocycles. The number of nitrogen functional groups attached to an aromatic ring is 1. The standard InChI is InChI=1S/C16H19NSi/c1-18(2,16-6-4-3-5-7-16)13-12-14-8-10-15(17)11-9-14/h3-13H,17H2,1-2H3/b13-12+. The Morgan fingerprint density at radius 1 is 0.889 bits per heavy atom. The summed E-state index contributed by atoms with van der Waals surface area (Å²) < 4.78 is 0. The zero-order chi connectivity index (χ0) is 13.0. The molecule has 2 aromatic rings. The van der Waals surface area contributed by atoms with E-state index in [1.54, 1.807) is 0 Å². The summed E-state index contributed by atoms with van der Waals surface area (Å²) in [5.74, 6) is 0. The van der Waals surface area contributed by atoms with Crippen molar-refractivity contribution < 1.29 is 0 Å². The molecule has 0 bridgehead atoms. The first-order valence-electron chi connectivity index (χ1n) is 6.18. The van der Waals surface area contributed by atoms with Crippen molar-refractivity contribution in [1.29, 1.82) is 0 Å². The summed E-state index contributed by atoms with van der Waals surface area (Å²) in [6.07, 6.45) is 2.21. The molecular formula is C16H19NSi. The summed E-state index contributed by atoms with van der Waals surface area (Å²) in [6.45, 7) is 4.71. The summed E-state index contributed by atoms with van der Waals surface area (Å²) in [4.78, 5) is 0.